The van der Waals surface area contributed by atoms with Gasteiger partial charge < -0.3 is 4.79 Å². The highest BCUT2D eigenvalue weighted by Crippen LogP contribution is 2.24. The third-order valence-corrected chi connectivity index (χ3v) is 7.07. The van der Waals surface area contributed by atoms with Crippen molar-refractivity contribution in [3.05, 3.63) is 84.9 Å². The van der Waals surface area contributed by atoms with Gasteiger partial charge in [0.15, 0.2) is 0 Å². The highest BCUT2D eigenvalue weighted by Gasteiger charge is 2.17. The lowest BCUT2D eigenvalue weighted by atomic mass is 10.1. The van der Waals surface area contributed by atoms with Crippen molar-refractivity contribution in [3.63, 3.8) is 0 Å². The largest absolute Gasteiger partial charge is 0.307 e. The van der Waals surface area contributed by atoms with Gasteiger partial charge in [-0.05, 0) is 29.3 Å². The van der Waals surface area contributed by atoms with Crippen LogP contribution in [-0.2, 0) is 29.2 Å². The van der Waals surface area contributed by atoms with E-state index < -0.39 is 20.2 Å². The molecule has 0 spiro atoms. The van der Waals surface area contributed by atoms with Gasteiger partial charge in [0.2, 0.25) is 0 Å². The molecule has 0 aromatic heterocycles. The molecule has 0 fully saturated rings. The van der Waals surface area contributed by atoms with E-state index in [0.717, 1.165) is 23.6 Å². The summed E-state index contributed by atoms with van der Waals surface area (Å²) in [5.41, 5.74) is 0. The second-order valence-corrected chi connectivity index (χ2v) is 10.0. The van der Waals surface area contributed by atoms with Crippen LogP contribution in [0.2, 0.25) is 0 Å². The molecule has 0 aliphatic rings. The minimum Gasteiger partial charge on any atom is -0.307 e. The number of carbonyl (C=O) groups excluding carboxylic acids is 1. The summed E-state index contributed by atoms with van der Waals surface area (Å²) < 4.78 is 60.2. The van der Waals surface area contributed by atoms with E-state index in [0.29, 0.717) is 10.8 Å². The van der Waals surface area contributed by atoms with E-state index in [1.165, 1.54) is 6.07 Å². The van der Waals surface area contributed by atoms with Gasteiger partial charge in [0.05, 0.1) is 6.61 Å². The molecule has 0 aliphatic carbocycles. The summed E-state index contributed by atoms with van der Waals surface area (Å²) in [4.78, 5) is 8.20. The molecule has 7 nitrogen and oxygen atoms in total. The van der Waals surface area contributed by atoms with Crippen molar-refractivity contribution in [2.24, 2.45) is 0 Å². The Morgan fingerprint density at radius 3 is 1.65 bits per heavy atom. The maximum absolute atomic E-state index is 12.1. The van der Waals surface area contributed by atoms with Crippen LogP contribution < -0.4 is 0 Å². The molecule has 0 saturated carbocycles. The van der Waals surface area contributed by atoms with Crippen LogP contribution in [0.4, 0.5) is 0 Å². The predicted octanol–water partition coefficient (Wildman–Crippen LogP) is 5.25. The van der Waals surface area contributed by atoms with Gasteiger partial charge in [0.1, 0.15) is 16.6 Å². The van der Waals surface area contributed by atoms with E-state index in [2.05, 4.69) is 0 Å². The van der Waals surface area contributed by atoms with Gasteiger partial charge in [-0.25, -0.2) is 0 Å². The van der Waals surface area contributed by atoms with E-state index in [1.807, 2.05) is 44.0 Å². The Balaban J connectivity index is 0.000000230. The average Bonchev–Trinajstić information content (AvgIpc) is 2.84. The molecule has 0 radical (unpaired) electrons. The molecule has 4 aromatic rings. The molecule has 0 unspecified atom stereocenters. The van der Waals surface area contributed by atoms with Crippen molar-refractivity contribution < 1.29 is 30.4 Å². The smallest absolute Gasteiger partial charge is 0.297 e. The second-order valence-electron chi connectivity index (χ2n) is 7.06. The van der Waals surface area contributed by atoms with E-state index in [-0.39, 0.29) is 16.4 Å². The average molecular weight is 503 g/mol. The zero-order valence-corrected chi connectivity index (χ0v) is 20.3. The quantitative estimate of drug-likeness (QED) is 0.218. The van der Waals surface area contributed by atoms with Crippen LogP contribution in [0.1, 0.15) is 19.8 Å². The van der Waals surface area contributed by atoms with Gasteiger partial charge in [0.25, 0.3) is 20.2 Å². The normalized spacial score (nSPS) is 11.2. The lowest BCUT2D eigenvalue weighted by Crippen LogP contribution is -2.08. The van der Waals surface area contributed by atoms with Crippen molar-refractivity contribution in [3.8, 4) is 0 Å². The number of hydrogen-bond donors (Lipinski definition) is 1. The summed E-state index contributed by atoms with van der Waals surface area (Å²) in [6.45, 7) is 4.23. The van der Waals surface area contributed by atoms with Gasteiger partial charge in [-0.15, -0.1) is 0 Å². The van der Waals surface area contributed by atoms with Crippen LogP contribution in [0.3, 0.4) is 0 Å². The molecule has 34 heavy (non-hydrogen) atoms. The molecular weight excluding hydrogens is 476 g/mol. The Morgan fingerprint density at radius 2 is 1.15 bits per heavy atom. The molecule has 180 valence electrons. The highest BCUT2D eigenvalue weighted by molar-refractivity contribution is 7.87. The summed E-state index contributed by atoms with van der Waals surface area (Å²) in [5.74, 6) is 0. The van der Waals surface area contributed by atoms with Gasteiger partial charge in [-0.1, -0.05) is 86.1 Å². The minimum atomic E-state index is -4.13. The SMILES string of the molecule is C=O.CCCCOS(=O)(=O)c1cccc2ccccc12.O=S(=O)(O)c1cccc2ccccc12. The van der Waals surface area contributed by atoms with Crippen LogP contribution in [-0.4, -0.2) is 34.8 Å². The van der Waals surface area contributed by atoms with Gasteiger partial charge >= 0.3 is 0 Å². The standard InChI is InChI=1S/C14H16O3S.C10H8O3S.CH2O/c1-2-3-11-17-18(15,16)14-10-6-8-12-7-4-5-9-13(12)14;11-14(12,13)10-7-3-5-8-4-1-2-6-9(8)10;1-2/h4-10H,2-3,11H2,1H3;1-7H,(H,11,12,13);1H2. The van der Waals surface area contributed by atoms with Crippen molar-refractivity contribution in [1.82, 2.24) is 0 Å². The van der Waals surface area contributed by atoms with E-state index in [4.69, 9.17) is 13.5 Å². The zero-order valence-electron chi connectivity index (χ0n) is 18.6. The number of unbranched alkanes of at least 4 members (excludes halogenated alkanes) is 1. The zero-order chi connectivity index (χ0) is 25.2. The summed E-state index contributed by atoms with van der Waals surface area (Å²) in [6, 6.07) is 24.4. The van der Waals surface area contributed by atoms with E-state index in [1.54, 1.807) is 48.5 Å². The van der Waals surface area contributed by atoms with Gasteiger partial charge in [-0.3, -0.25) is 8.74 Å². The number of hydrogen-bond acceptors (Lipinski definition) is 6. The van der Waals surface area contributed by atoms with Crippen molar-refractivity contribution >= 4 is 48.6 Å². The van der Waals surface area contributed by atoms with Crippen LogP contribution in [0.5, 0.6) is 0 Å². The molecule has 0 heterocycles. The van der Waals surface area contributed by atoms with E-state index >= 15 is 0 Å². The fourth-order valence-corrected chi connectivity index (χ4v) is 5.09. The Hall–Kier alpha value is -3.11. The fourth-order valence-electron chi connectivity index (χ4n) is 3.21. The summed E-state index contributed by atoms with van der Waals surface area (Å²) >= 11 is 0. The fraction of sp³-hybridized carbons (Fsp3) is 0.160. The lowest BCUT2D eigenvalue weighted by molar-refractivity contribution is -0.0980. The molecule has 0 saturated heterocycles. The Morgan fingerprint density at radius 1 is 0.706 bits per heavy atom. The van der Waals surface area contributed by atoms with Gasteiger partial charge in [-0.2, -0.15) is 16.8 Å². The van der Waals surface area contributed by atoms with Gasteiger partial charge in [0, 0.05) is 10.8 Å². The highest BCUT2D eigenvalue weighted by atomic mass is 32.2. The van der Waals surface area contributed by atoms with Crippen LogP contribution in [0.25, 0.3) is 21.5 Å². The van der Waals surface area contributed by atoms with Crippen molar-refractivity contribution in [2.75, 3.05) is 6.61 Å². The van der Waals surface area contributed by atoms with E-state index in [9.17, 15) is 16.8 Å². The first-order valence-corrected chi connectivity index (χ1v) is 13.2. The minimum absolute atomic E-state index is 0.0457. The summed E-state index contributed by atoms with van der Waals surface area (Å²) in [7, 11) is -7.79. The van der Waals surface area contributed by atoms with Crippen LogP contribution >= 0.6 is 0 Å². The third kappa shape index (κ3) is 6.94. The molecule has 4 aromatic carbocycles. The third-order valence-electron chi connectivity index (χ3n) is 4.78. The number of carbonyl (C=O) groups is 1. The van der Waals surface area contributed by atoms with Crippen LogP contribution in [0.15, 0.2) is 94.7 Å². The maximum atomic E-state index is 12.1. The number of fused-ring (bicyclic) bond motifs is 2. The molecule has 0 aliphatic heterocycles. The number of rotatable bonds is 6. The van der Waals surface area contributed by atoms with Crippen molar-refractivity contribution in [1.29, 1.82) is 0 Å². The molecular formula is C25H26O7S2. The Bertz CT molecular complexity index is 1440. The first-order chi connectivity index (χ1) is 16.2. The first kappa shape index (κ1) is 27.1. The maximum Gasteiger partial charge on any atom is 0.297 e. The monoisotopic (exact) mass is 502 g/mol. The molecule has 0 atom stereocenters. The summed E-state index contributed by atoms with van der Waals surface area (Å²) in [6.07, 6.45) is 1.65. The number of benzene rings is 4. The topological polar surface area (TPSA) is 115 Å². The Kier molecular flexibility index (Phi) is 9.88. The molecule has 1 N–H and O–H groups in total. The molecule has 0 bridgehead atoms. The first-order valence-electron chi connectivity index (χ1n) is 10.4. The van der Waals surface area contributed by atoms with Crippen molar-refractivity contribution in [2.45, 2.75) is 29.6 Å². The molecule has 4 rings (SSSR count). The lowest BCUT2D eigenvalue weighted by Gasteiger charge is -2.08. The molecule has 0 amide bonds. The van der Waals surface area contributed by atoms with Crippen LogP contribution in [0, 0.1) is 0 Å². The molecule has 9 heteroatoms. The predicted molar refractivity (Wildman–Crippen MR) is 133 cm³/mol. The second kappa shape index (κ2) is 12.4. The summed E-state index contributed by atoms with van der Waals surface area (Å²) in [5, 5.41) is 2.94. The Labute approximate surface area is 199 Å².